The van der Waals surface area contributed by atoms with E-state index in [2.05, 4.69) is 42.5 Å². The number of benzene rings is 1. The van der Waals surface area contributed by atoms with E-state index in [0.29, 0.717) is 46.8 Å². The highest BCUT2D eigenvalue weighted by Crippen LogP contribution is 2.36. The Bertz CT molecular complexity index is 2280. The number of likely N-dealkylation sites (tertiary alicyclic amines) is 1. The second-order valence-corrected chi connectivity index (χ2v) is 16.5. The average Bonchev–Trinajstić information content (AvgIpc) is 3.87. The maximum Gasteiger partial charge on any atom is 0.328 e. The molecule has 3 aromatic heterocycles. The summed E-state index contributed by atoms with van der Waals surface area (Å²) in [7, 11) is 0. The molecule has 6 heterocycles. The molecular weight excluding hydrogens is 798 g/mol. The van der Waals surface area contributed by atoms with Gasteiger partial charge in [-0.25, -0.2) is 23.1 Å². The van der Waals surface area contributed by atoms with E-state index in [4.69, 9.17) is 26.1 Å². The molecule has 0 bridgehead atoms. The number of urea groups is 1. The summed E-state index contributed by atoms with van der Waals surface area (Å²) in [6, 6.07) is 6.62. The summed E-state index contributed by atoms with van der Waals surface area (Å²) < 4.78 is 43.5. The number of anilines is 3. The predicted octanol–water partition coefficient (Wildman–Crippen LogP) is 6.09. The normalized spacial score (nSPS) is 23.2. The van der Waals surface area contributed by atoms with Gasteiger partial charge in [0.2, 0.25) is 5.91 Å². The summed E-state index contributed by atoms with van der Waals surface area (Å²) in [4.78, 5) is 48.2. The lowest BCUT2D eigenvalue weighted by atomic mass is 9.85. The number of aromatic nitrogens is 5. The number of ether oxygens (including phenoxy) is 2. The molecule has 0 spiro atoms. The molecule has 3 saturated heterocycles. The minimum Gasteiger partial charge on any atom is -0.375 e. The molecule has 4 aliphatic rings. The quantitative estimate of drug-likeness (QED) is 0.180. The molecule has 8 rings (SSSR count). The summed E-state index contributed by atoms with van der Waals surface area (Å²) in [5.41, 5.74) is 1.25. The molecule has 318 valence electrons. The van der Waals surface area contributed by atoms with Crippen molar-refractivity contribution in [2.75, 3.05) is 61.1 Å². The van der Waals surface area contributed by atoms with E-state index in [0.717, 1.165) is 58.2 Å². The SMILES string of the molecule is CC1CN(c2ccn3ncc(C(=O)Nc4cn(C5CCC(CN6CCC(OCC#Cc7ccc(Cl)c(N8CCC(=O)NC8=O)c7)CC6)CC5)nc4C(F)F)c3n2)[C@H](C)CO1. The first-order chi connectivity index (χ1) is 29.0. The number of piperidine rings is 1. The van der Waals surface area contributed by atoms with Crippen molar-refractivity contribution < 1.29 is 32.6 Å². The molecule has 1 unspecified atom stereocenters. The molecule has 60 heavy (non-hydrogen) atoms. The Kier molecular flexibility index (Phi) is 12.6. The number of morpholine rings is 1. The van der Waals surface area contributed by atoms with Gasteiger partial charge >= 0.3 is 6.03 Å². The molecule has 18 heteroatoms. The second kappa shape index (κ2) is 18.2. The molecule has 1 aliphatic carbocycles. The number of nitrogens with zero attached hydrogens (tertiary/aromatic N) is 8. The first-order valence-electron chi connectivity index (χ1n) is 20.6. The Labute approximate surface area is 351 Å². The molecule has 4 fully saturated rings. The van der Waals surface area contributed by atoms with E-state index in [1.165, 1.54) is 21.8 Å². The maximum atomic E-state index is 14.3. The van der Waals surface area contributed by atoms with Gasteiger partial charge in [0.15, 0.2) is 11.3 Å². The highest BCUT2D eigenvalue weighted by Gasteiger charge is 2.31. The number of carbonyl (C=O) groups excluding carboxylic acids is 3. The van der Waals surface area contributed by atoms with E-state index < -0.39 is 24.1 Å². The van der Waals surface area contributed by atoms with Crippen LogP contribution in [0, 0.1) is 17.8 Å². The van der Waals surface area contributed by atoms with E-state index in [9.17, 15) is 23.2 Å². The zero-order valence-electron chi connectivity index (χ0n) is 33.7. The van der Waals surface area contributed by atoms with Gasteiger partial charge in [0, 0.05) is 57.1 Å². The monoisotopic (exact) mass is 846 g/mol. The standard InChI is InChI=1S/C42H49ClF2N10O5/c1-26-25-60-27(2)22-53(26)36-13-18-54-40(48-36)32(21-46-54)41(57)47-34-24-55(50-38(34)39(44)45)30-8-5-29(6-9-30)23-51-15-11-31(12-16-51)59-19-3-4-28-7-10-33(43)35(20-28)52-17-14-37(56)49-42(52)58/h7,10,13,18,20-21,24,26-27,29-31,39H,5-6,8-9,11-12,14-17,19,22-23,25H2,1-2H3,(H,47,57)(H,49,56,58)/t26-,27?,29?,30?/m1/s1. The first-order valence-corrected chi connectivity index (χ1v) is 21.0. The summed E-state index contributed by atoms with van der Waals surface area (Å²) in [6.07, 6.45) is 7.48. The van der Waals surface area contributed by atoms with Gasteiger partial charge in [-0.15, -0.1) is 0 Å². The minimum atomic E-state index is -2.86. The van der Waals surface area contributed by atoms with Crippen LogP contribution in [0.3, 0.4) is 0 Å². The van der Waals surface area contributed by atoms with Gasteiger partial charge < -0.3 is 24.6 Å². The number of imide groups is 1. The fraction of sp³-hybridized carbons (Fsp3) is 0.524. The van der Waals surface area contributed by atoms with Crippen molar-refractivity contribution in [3.8, 4) is 11.8 Å². The molecular formula is C42H49ClF2N10O5. The number of nitrogens with one attached hydrogen (secondary N) is 2. The van der Waals surface area contributed by atoms with Crippen molar-refractivity contribution in [1.82, 2.24) is 34.6 Å². The van der Waals surface area contributed by atoms with Crippen LogP contribution >= 0.6 is 11.6 Å². The lowest BCUT2D eigenvalue weighted by Crippen LogP contribution is -2.49. The van der Waals surface area contributed by atoms with Crippen LogP contribution in [0.5, 0.6) is 0 Å². The number of alkyl halides is 2. The molecule has 1 aromatic carbocycles. The van der Waals surface area contributed by atoms with Gasteiger partial charge in [-0.1, -0.05) is 23.4 Å². The third-order valence-corrected chi connectivity index (χ3v) is 12.2. The number of rotatable bonds is 10. The summed E-state index contributed by atoms with van der Waals surface area (Å²) in [5.74, 6) is 6.46. The van der Waals surface area contributed by atoms with Crippen molar-refractivity contribution >= 4 is 52.3 Å². The van der Waals surface area contributed by atoms with E-state index in [1.807, 2.05) is 19.9 Å². The van der Waals surface area contributed by atoms with Crippen LogP contribution in [0.1, 0.15) is 92.9 Å². The molecule has 0 radical (unpaired) electrons. The van der Waals surface area contributed by atoms with Gasteiger partial charge in [0.05, 0.1) is 53.5 Å². The smallest absolute Gasteiger partial charge is 0.328 e. The molecule has 1 saturated carbocycles. The van der Waals surface area contributed by atoms with Crippen LogP contribution in [0.2, 0.25) is 5.02 Å². The molecule has 2 N–H and O–H groups in total. The first kappa shape index (κ1) is 41.6. The second-order valence-electron chi connectivity index (χ2n) is 16.1. The van der Waals surface area contributed by atoms with Crippen LogP contribution < -0.4 is 20.4 Å². The Balaban J connectivity index is 0.799. The van der Waals surface area contributed by atoms with Crippen molar-refractivity contribution in [3.05, 3.63) is 64.7 Å². The van der Waals surface area contributed by atoms with Crippen LogP contribution in [0.4, 0.5) is 30.8 Å². The number of halogens is 3. The molecule has 4 aromatic rings. The minimum absolute atomic E-state index is 0.0126. The Morgan fingerprint density at radius 3 is 2.67 bits per heavy atom. The highest BCUT2D eigenvalue weighted by atomic mass is 35.5. The molecule has 4 amide bonds. The predicted molar refractivity (Wildman–Crippen MR) is 221 cm³/mol. The summed E-state index contributed by atoms with van der Waals surface area (Å²) in [6.45, 7) is 8.62. The van der Waals surface area contributed by atoms with Crippen LogP contribution in [0.25, 0.3) is 5.65 Å². The third kappa shape index (κ3) is 9.41. The molecule has 3 aliphatic heterocycles. The number of hydrogen-bond acceptors (Lipinski definition) is 10. The Morgan fingerprint density at radius 1 is 1.10 bits per heavy atom. The van der Waals surface area contributed by atoms with Gasteiger partial charge in [0.1, 0.15) is 18.0 Å². The zero-order chi connectivity index (χ0) is 41.9. The maximum absolute atomic E-state index is 14.3. The van der Waals surface area contributed by atoms with E-state index >= 15 is 0 Å². The van der Waals surface area contributed by atoms with Crippen molar-refractivity contribution in [1.29, 1.82) is 0 Å². The van der Waals surface area contributed by atoms with Gasteiger partial charge in [0.25, 0.3) is 12.3 Å². The van der Waals surface area contributed by atoms with Crippen molar-refractivity contribution in [3.63, 3.8) is 0 Å². The topological polar surface area (TPSA) is 151 Å². The number of hydrogen-bond donors (Lipinski definition) is 2. The Hall–Kier alpha value is -5.15. The third-order valence-electron chi connectivity index (χ3n) is 11.9. The van der Waals surface area contributed by atoms with Crippen molar-refractivity contribution in [2.24, 2.45) is 5.92 Å². The number of carbonyl (C=O) groups is 3. The van der Waals surface area contributed by atoms with Crippen LogP contribution in [-0.2, 0) is 14.3 Å². The number of amides is 4. The largest absolute Gasteiger partial charge is 0.375 e. The zero-order valence-corrected chi connectivity index (χ0v) is 34.4. The molecule has 15 nitrogen and oxygen atoms in total. The lowest BCUT2D eigenvalue weighted by molar-refractivity contribution is -0.120. The highest BCUT2D eigenvalue weighted by molar-refractivity contribution is 6.34. The Morgan fingerprint density at radius 2 is 1.90 bits per heavy atom. The van der Waals surface area contributed by atoms with Crippen LogP contribution in [-0.4, -0.2) is 111 Å². The average molecular weight is 847 g/mol. The van der Waals surface area contributed by atoms with Gasteiger partial charge in [-0.2, -0.15) is 10.2 Å². The summed E-state index contributed by atoms with van der Waals surface area (Å²) in [5, 5.41) is 14.0. The van der Waals surface area contributed by atoms with Gasteiger partial charge in [-0.05, 0) is 82.6 Å². The van der Waals surface area contributed by atoms with Gasteiger partial charge in [-0.3, -0.25) is 24.5 Å². The fourth-order valence-corrected chi connectivity index (χ4v) is 8.77. The van der Waals surface area contributed by atoms with E-state index in [-0.39, 0.29) is 61.0 Å². The summed E-state index contributed by atoms with van der Waals surface area (Å²) >= 11 is 6.35. The van der Waals surface area contributed by atoms with Crippen LogP contribution in [0.15, 0.2) is 42.9 Å². The molecule has 2 atom stereocenters. The lowest BCUT2D eigenvalue weighted by Gasteiger charge is -2.37. The van der Waals surface area contributed by atoms with Crippen molar-refractivity contribution in [2.45, 2.75) is 89.5 Å². The van der Waals surface area contributed by atoms with E-state index in [1.54, 1.807) is 29.1 Å². The fourth-order valence-electron chi connectivity index (χ4n) is 8.55. The number of fused-ring (bicyclic) bond motifs is 1.